The molecule has 164 valence electrons. The maximum atomic E-state index is 15.2. The molecule has 1 aliphatic heterocycles. The Morgan fingerprint density at radius 1 is 1.26 bits per heavy atom. The van der Waals surface area contributed by atoms with Gasteiger partial charge in [-0.05, 0) is 35.6 Å². The highest BCUT2D eigenvalue weighted by molar-refractivity contribution is 6.31. The van der Waals surface area contributed by atoms with Crippen LogP contribution in [0, 0.1) is 28.4 Å². The molecule has 3 rings (SSSR count). The van der Waals surface area contributed by atoms with E-state index in [0.29, 0.717) is 6.42 Å². The topological polar surface area (TPSA) is 73.1 Å². The van der Waals surface area contributed by atoms with Crippen LogP contribution in [0.2, 0.25) is 10.0 Å². The van der Waals surface area contributed by atoms with Gasteiger partial charge in [0.05, 0.1) is 11.1 Å². The molecule has 0 saturated carbocycles. The fourth-order valence-corrected chi connectivity index (χ4v) is 4.88. The molecule has 2 aromatic carbocycles. The van der Waals surface area contributed by atoms with E-state index in [1.54, 1.807) is 0 Å². The Kier molecular flexibility index (Phi) is 6.35. The molecule has 1 aliphatic rings. The van der Waals surface area contributed by atoms with E-state index in [9.17, 15) is 15.2 Å². The fraction of sp³-hybridized carbons (Fsp3) is 0.391. The smallest absolute Gasteiger partial charge is 0.321 e. The third-order valence-electron chi connectivity index (χ3n) is 5.72. The van der Waals surface area contributed by atoms with Crippen LogP contribution in [0.15, 0.2) is 36.4 Å². The largest absolute Gasteiger partial charge is 0.480 e. The molecule has 0 aliphatic carbocycles. The molecular formula is C23H22Cl2F2N2O2. The van der Waals surface area contributed by atoms with Gasteiger partial charge in [-0.15, -0.1) is 0 Å². The predicted molar refractivity (Wildman–Crippen MR) is 115 cm³/mol. The van der Waals surface area contributed by atoms with Crippen LogP contribution in [0.4, 0.5) is 8.78 Å². The molecule has 4 atom stereocenters. The first kappa shape index (κ1) is 23.5. The van der Waals surface area contributed by atoms with Gasteiger partial charge in [-0.2, -0.15) is 5.26 Å². The summed E-state index contributed by atoms with van der Waals surface area (Å²) >= 11 is 11.9. The molecule has 31 heavy (non-hydrogen) atoms. The van der Waals surface area contributed by atoms with Gasteiger partial charge in [0.2, 0.25) is 0 Å². The van der Waals surface area contributed by atoms with Crippen molar-refractivity contribution < 1.29 is 18.7 Å². The lowest BCUT2D eigenvalue weighted by atomic mass is 9.62. The van der Waals surface area contributed by atoms with Crippen molar-refractivity contribution in [2.75, 3.05) is 0 Å². The Bertz CT molecular complexity index is 1060. The molecule has 2 N–H and O–H groups in total. The Hall–Kier alpha value is -2.20. The van der Waals surface area contributed by atoms with Crippen LogP contribution in [-0.4, -0.2) is 23.2 Å². The van der Waals surface area contributed by atoms with E-state index in [-0.39, 0.29) is 26.6 Å². The van der Waals surface area contributed by atoms with Crippen LogP contribution in [0.5, 0.6) is 0 Å². The minimum absolute atomic E-state index is 0.0331. The number of aliphatic carboxylic acids is 1. The second-order valence-electron chi connectivity index (χ2n) is 9.03. The summed E-state index contributed by atoms with van der Waals surface area (Å²) in [5.74, 6) is -4.09. The lowest BCUT2D eigenvalue weighted by molar-refractivity contribution is -0.139. The van der Waals surface area contributed by atoms with E-state index in [1.807, 2.05) is 20.8 Å². The van der Waals surface area contributed by atoms with Crippen LogP contribution in [0.1, 0.15) is 44.2 Å². The number of halogens is 4. The van der Waals surface area contributed by atoms with Gasteiger partial charge in [-0.3, -0.25) is 10.1 Å². The van der Waals surface area contributed by atoms with Crippen molar-refractivity contribution >= 4 is 29.2 Å². The molecule has 1 saturated heterocycles. The maximum Gasteiger partial charge on any atom is 0.321 e. The lowest BCUT2D eigenvalue weighted by Crippen LogP contribution is -2.44. The van der Waals surface area contributed by atoms with Crippen molar-refractivity contribution in [2.45, 2.75) is 50.6 Å². The zero-order valence-corrected chi connectivity index (χ0v) is 18.7. The average molecular weight is 467 g/mol. The molecular weight excluding hydrogens is 445 g/mol. The van der Waals surface area contributed by atoms with E-state index < -0.39 is 41.0 Å². The van der Waals surface area contributed by atoms with Gasteiger partial charge in [-0.1, -0.05) is 62.2 Å². The molecule has 0 amide bonds. The van der Waals surface area contributed by atoms with Gasteiger partial charge >= 0.3 is 5.97 Å². The second kappa shape index (κ2) is 8.38. The number of nitrogens with zero attached hydrogens (tertiary/aromatic N) is 1. The van der Waals surface area contributed by atoms with Gasteiger partial charge in [0.25, 0.3) is 0 Å². The first-order valence-corrected chi connectivity index (χ1v) is 10.5. The molecule has 1 heterocycles. The minimum atomic E-state index is -1.73. The van der Waals surface area contributed by atoms with Crippen LogP contribution in [0.25, 0.3) is 0 Å². The number of hydrogen-bond acceptors (Lipinski definition) is 3. The summed E-state index contributed by atoms with van der Waals surface area (Å²) in [4.78, 5) is 12.2. The average Bonchev–Trinajstić information content (AvgIpc) is 2.97. The maximum absolute atomic E-state index is 15.2. The molecule has 0 bridgehead atoms. The zero-order chi connectivity index (χ0) is 23.1. The first-order chi connectivity index (χ1) is 14.4. The van der Waals surface area contributed by atoms with Crippen LogP contribution < -0.4 is 5.32 Å². The number of benzene rings is 2. The van der Waals surface area contributed by atoms with E-state index in [2.05, 4.69) is 11.4 Å². The van der Waals surface area contributed by atoms with Crippen LogP contribution in [-0.2, 0) is 10.2 Å². The Balaban J connectivity index is 2.38. The molecule has 0 aromatic heterocycles. The Morgan fingerprint density at radius 2 is 1.94 bits per heavy atom. The number of carbonyl (C=O) groups is 1. The van der Waals surface area contributed by atoms with Gasteiger partial charge in [-0.25, -0.2) is 8.78 Å². The standard InChI is InChI=1S/C23H22Cl2F2N2O2/c1-22(2,3)10-17-23(11-28,14-8-7-12(24)9-16(14)26)18(20(29-17)21(30)31)13-5-4-6-15(25)19(13)27/h4-9,17-18,20,29H,10H2,1-3H3,(H,30,31)/t17?,18-,20+,23-/m1/s1. The molecule has 2 aromatic rings. The predicted octanol–water partition coefficient (Wildman–Crippen LogP) is 5.68. The highest BCUT2D eigenvalue weighted by Crippen LogP contribution is 2.52. The zero-order valence-electron chi connectivity index (χ0n) is 17.2. The molecule has 0 spiro atoms. The van der Waals surface area contributed by atoms with E-state index in [4.69, 9.17) is 23.2 Å². The fourth-order valence-electron chi connectivity index (χ4n) is 4.54. The van der Waals surface area contributed by atoms with Crippen LogP contribution in [0.3, 0.4) is 0 Å². The number of carboxylic acids is 1. The Labute approximate surface area is 189 Å². The summed E-state index contributed by atoms with van der Waals surface area (Å²) in [5, 5.41) is 23.4. The van der Waals surface area contributed by atoms with Crippen LogP contribution >= 0.6 is 23.2 Å². The van der Waals surface area contributed by atoms with E-state index >= 15 is 8.78 Å². The SMILES string of the molecule is CC(C)(C)CC1N[C@H](C(=O)O)[C@@H](c2cccc(Cl)c2F)[C@]1(C#N)c1ccc(Cl)cc1F. The third-order valence-corrected chi connectivity index (χ3v) is 6.24. The normalized spacial score (nSPS) is 25.9. The monoisotopic (exact) mass is 466 g/mol. The third kappa shape index (κ3) is 4.15. The van der Waals surface area contributed by atoms with Crippen molar-refractivity contribution in [1.82, 2.24) is 5.32 Å². The van der Waals surface area contributed by atoms with Crippen molar-refractivity contribution in [1.29, 1.82) is 5.26 Å². The number of carboxylic acid groups (broad SMARTS) is 1. The number of nitriles is 1. The number of rotatable bonds is 4. The number of hydrogen-bond donors (Lipinski definition) is 2. The summed E-state index contributed by atoms with van der Waals surface area (Å²) in [6.07, 6.45) is 0.338. The summed E-state index contributed by atoms with van der Waals surface area (Å²) in [7, 11) is 0. The summed E-state index contributed by atoms with van der Waals surface area (Å²) < 4.78 is 30.3. The molecule has 4 nitrogen and oxygen atoms in total. The van der Waals surface area contributed by atoms with Gasteiger partial charge in [0.15, 0.2) is 0 Å². The summed E-state index contributed by atoms with van der Waals surface area (Å²) in [6, 6.07) is 8.16. The number of nitrogens with one attached hydrogen (secondary N) is 1. The van der Waals surface area contributed by atoms with Gasteiger partial charge < -0.3 is 5.11 Å². The van der Waals surface area contributed by atoms with Crippen molar-refractivity contribution in [2.24, 2.45) is 5.41 Å². The lowest BCUT2D eigenvalue weighted by Gasteiger charge is -2.37. The second-order valence-corrected chi connectivity index (χ2v) is 9.87. The minimum Gasteiger partial charge on any atom is -0.480 e. The molecule has 8 heteroatoms. The highest BCUT2D eigenvalue weighted by Gasteiger charge is 2.61. The van der Waals surface area contributed by atoms with Crippen molar-refractivity contribution in [3.05, 3.63) is 69.2 Å². The van der Waals surface area contributed by atoms with Crippen molar-refractivity contribution in [3.63, 3.8) is 0 Å². The molecule has 1 unspecified atom stereocenters. The summed E-state index contributed by atoms with van der Waals surface area (Å²) in [5.41, 5.74) is -2.15. The highest BCUT2D eigenvalue weighted by atomic mass is 35.5. The quantitative estimate of drug-likeness (QED) is 0.607. The van der Waals surface area contributed by atoms with Gasteiger partial charge in [0, 0.05) is 22.5 Å². The van der Waals surface area contributed by atoms with E-state index in [0.717, 1.165) is 6.07 Å². The van der Waals surface area contributed by atoms with E-state index in [1.165, 1.54) is 30.3 Å². The first-order valence-electron chi connectivity index (χ1n) is 9.72. The Morgan fingerprint density at radius 3 is 2.48 bits per heavy atom. The summed E-state index contributed by atoms with van der Waals surface area (Å²) in [6.45, 7) is 5.79. The van der Waals surface area contributed by atoms with Gasteiger partial charge in [0.1, 0.15) is 23.1 Å². The molecule has 0 radical (unpaired) electrons. The van der Waals surface area contributed by atoms with Crippen molar-refractivity contribution in [3.8, 4) is 6.07 Å². The molecule has 1 fully saturated rings.